The van der Waals surface area contributed by atoms with E-state index in [-0.39, 0.29) is 29.7 Å². The first kappa shape index (κ1) is 51.9. The number of piperidine rings is 1. The molecule has 2 unspecified atom stereocenters. The van der Waals surface area contributed by atoms with E-state index in [2.05, 4.69) is 23.6 Å². The number of likely N-dealkylation sites (N-methyl/N-ethyl adjacent to an activating group) is 1. The van der Waals surface area contributed by atoms with Crippen LogP contribution in [0.25, 0.3) is 43.8 Å². The molecule has 3 aliphatic heterocycles. The van der Waals surface area contributed by atoms with Crippen LogP contribution in [-0.4, -0.2) is 79.6 Å². The van der Waals surface area contributed by atoms with Gasteiger partial charge in [-0.3, -0.25) is 4.90 Å². The van der Waals surface area contributed by atoms with E-state index in [0.717, 1.165) is 107 Å². The van der Waals surface area contributed by atoms with Crippen LogP contribution in [-0.2, 0) is 10.5 Å². The monoisotopic (exact) mass is 1030 g/mol. The van der Waals surface area contributed by atoms with Crippen molar-refractivity contribution in [2.24, 2.45) is 0 Å². The minimum absolute atomic E-state index is 0. The highest BCUT2D eigenvalue weighted by atomic mass is 35.5. The summed E-state index contributed by atoms with van der Waals surface area (Å²) in [6.07, 6.45) is 3.24. The molecule has 74 heavy (non-hydrogen) atoms. The molecular formula is C60H57ClF4N2O7. The van der Waals surface area contributed by atoms with E-state index in [1.54, 1.807) is 30.3 Å². The fourth-order valence-electron chi connectivity index (χ4n) is 10.3. The highest BCUT2D eigenvalue weighted by molar-refractivity contribution is 5.97. The third-order valence-corrected chi connectivity index (χ3v) is 14.2. The summed E-state index contributed by atoms with van der Waals surface area (Å²) in [5.74, 6) is -3.05. The Hall–Kier alpha value is -7.03. The maximum Gasteiger partial charge on any atom is 0.265 e. The fraction of sp³-hybridized carbons (Fsp3) is 0.267. The zero-order chi connectivity index (χ0) is 50.8. The van der Waals surface area contributed by atoms with Crippen LogP contribution < -0.4 is 18.9 Å². The smallest absolute Gasteiger partial charge is 0.265 e. The van der Waals surface area contributed by atoms with E-state index < -0.39 is 35.2 Å². The molecule has 14 heteroatoms. The lowest BCUT2D eigenvalue weighted by atomic mass is 9.83. The Balaban J connectivity index is 0.000000180. The molecule has 2 atom stereocenters. The van der Waals surface area contributed by atoms with E-state index in [4.69, 9.17) is 23.7 Å². The topological polar surface area (TPSA) is 93.1 Å². The number of hydrogen-bond acceptors (Lipinski definition) is 9. The highest BCUT2D eigenvalue weighted by Gasteiger charge is 2.45. The Morgan fingerprint density at radius 3 is 1.80 bits per heavy atom. The molecule has 0 radical (unpaired) electrons. The Morgan fingerprint density at radius 2 is 1.16 bits per heavy atom. The maximum absolute atomic E-state index is 14.3. The van der Waals surface area contributed by atoms with Crippen LogP contribution in [0.3, 0.4) is 0 Å². The van der Waals surface area contributed by atoms with Crippen LogP contribution in [0, 0.1) is 23.3 Å². The normalized spacial score (nSPS) is 16.6. The molecule has 8 aromatic rings. The predicted molar refractivity (Wildman–Crippen MR) is 282 cm³/mol. The molecule has 0 saturated carbocycles. The minimum atomic E-state index is -1.45. The molecule has 0 aliphatic carbocycles. The summed E-state index contributed by atoms with van der Waals surface area (Å²) in [6, 6.07) is 37.2. The third kappa shape index (κ3) is 10.3. The highest BCUT2D eigenvalue weighted by Crippen LogP contribution is 2.53. The van der Waals surface area contributed by atoms with Crippen LogP contribution >= 0.6 is 12.4 Å². The summed E-state index contributed by atoms with van der Waals surface area (Å²) in [5, 5.41) is 23.3. The van der Waals surface area contributed by atoms with Crippen molar-refractivity contribution < 1.29 is 51.5 Å². The second-order valence-electron chi connectivity index (χ2n) is 18.5. The standard InChI is InChI=1S/C31H29F2NO4.C29H27F2NO3.ClH/c1-36-31(21-6-9-23(10-7-21)37-16-15-34-13-3-2-4-14-34)30-24-12-8-22(35)17-20(24)5-11-25(30)26-18-27(32)28(33)19-29(26)38-31;1-3-32(4-2)13-14-34-21-9-5-18(6-10-21)29-28-22-12-8-20(33)15-19(22)7-11-23(28)24-16-25(30)26(31)17-27(24)35-29;/h5-12,17-19,35H,2-4,13-16H2,1H3;5-12,15-17,29,33H,3-4,13-14H2,1-2H3;1H. The summed E-state index contributed by atoms with van der Waals surface area (Å²) in [4.78, 5) is 4.72. The second kappa shape index (κ2) is 22.2. The van der Waals surface area contributed by atoms with Gasteiger partial charge in [-0.25, -0.2) is 17.6 Å². The molecule has 384 valence electrons. The number of nitrogens with zero attached hydrogens (tertiary/aromatic N) is 2. The molecule has 0 amide bonds. The van der Waals surface area contributed by atoms with Crippen molar-refractivity contribution in [3.05, 3.63) is 179 Å². The lowest BCUT2D eigenvalue weighted by molar-refractivity contribution is -0.138. The van der Waals surface area contributed by atoms with Gasteiger partial charge >= 0.3 is 0 Å². The van der Waals surface area contributed by atoms with Crippen molar-refractivity contribution in [3.63, 3.8) is 0 Å². The number of aromatic hydroxyl groups is 2. The van der Waals surface area contributed by atoms with E-state index in [1.807, 2.05) is 78.9 Å². The molecule has 0 spiro atoms. The minimum Gasteiger partial charge on any atom is -0.508 e. The largest absolute Gasteiger partial charge is 0.508 e. The van der Waals surface area contributed by atoms with Crippen molar-refractivity contribution in [1.82, 2.24) is 9.80 Å². The Bertz CT molecular complexity index is 3300. The number of halogens is 5. The Morgan fingerprint density at radius 1 is 0.608 bits per heavy atom. The van der Waals surface area contributed by atoms with Gasteiger partial charge in [-0.2, -0.15) is 0 Å². The maximum atomic E-state index is 14.3. The van der Waals surface area contributed by atoms with Crippen molar-refractivity contribution in [2.75, 3.05) is 59.6 Å². The average molecular weight is 1030 g/mol. The number of hydrogen-bond donors (Lipinski definition) is 2. The number of fused-ring (bicyclic) bond motifs is 10. The first-order chi connectivity index (χ1) is 35.5. The van der Waals surface area contributed by atoms with E-state index in [0.29, 0.717) is 46.8 Å². The van der Waals surface area contributed by atoms with Crippen molar-refractivity contribution >= 4 is 34.0 Å². The van der Waals surface area contributed by atoms with Crippen LogP contribution in [0.2, 0.25) is 0 Å². The van der Waals surface area contributed by atoms with Gasteiger partial charge in [0.15, 0.2) is 29.4 Å². The molecule has 8 aromatic carbocycles. The Kier molecular flexibility index (Phi) is 15.6. The van der Waals surface area contributed by atoms with E-state index in [9.17, 15) is 27.8 Å². The van der Waals surface area contributed by atoms with Gasteiger partial charge in [-0.1, -0.05) is 68.8 Å². The van der Waals surface area contributed by atoms with Gasteiger partial charge < -0.3 is 38.8 Å². The number of phenolic OH excluding ortho intramolecular Hbond substituents is 2. The number of benzene rings is 8. The second-order valence-corrected chi connectivity index (χ2v) is 18.5. The van der Waals surface area contributed by atoms with Crippen LogP contribution in [0.15, 0.2) is 133 Å². The number of methoxy groups -OCH3 is 1. The average Bonchev–Trinajstić information content (AvgIpc) is 3.41. The summed E-state index contributed by atoms with van der Waals surface area (Å²) >= 11 is 0. The molecule has 3 heterocycles. The Labute approximate surface area is 433 Å². The number of phenols is 2. The van der Waals surface area contributed by atoms with Gasteiger partial charge in [0.1, 0.15) is 47.7 Å². The van der Waals surface area contributed by atoms with Gasteiger partial charge in [0.25, 0.3) is 5.79 Å². The van der Waals surface area contributed by atoms with Gasteiger partial charge in [0, 0.05) is 60.1 Å². The molecule has 3 aliphatic rings. The lowest BCUT2D eigenvalue weighted by Gasteiger charge is -2.40. The first-order valence-electron chi connectivity index (χ1n) is 24.8. The van der Waals surface area contributed by atoms with E-state index >= 15 is 0 Å². The SMILES string of the molecule is CCN(CC)CCOc1ccc(C2Oc3cc(F)c(F)cc3-c3ccc4cc(O)ccc4c32)cc1.COC1(c2ccc(OCCN3CCCCC3)cc2)Oc2cc(F)c(F)cc2-c2ccc3cc(O)ccc3c21.Cl. The van der Waals surface area contributed by atoms with Crippen molar-refractivity contribution in [1.29, 1.82) is 0 Å². The zero-order valence-electron chi connectivity index (χ0n) is 41.3. The summed E-state index contributed by atoms with van der Waals surface area (Å²) in [5.41, 5.74) is 5.38. The van der Waals surface area contributed by atoms with Crippen LogP contribution in [0.5, 0.6) is 34.5 Å². The lowest BCUT2D eigenvalue weighted by Crippen LogP contribution is -2.39. The molecule has 9 nitrogen and oxygen atoms in total. The number of likely N-dealkylation sites (tertiary alicyclic amines) is 1. The van der Waals surface area contributed by atoms with Crippen LogP contribution in [0.4, 0.5) is 17.6 Å². The van der Waals surface area contributed by atoms with Gasteiger partial charge in [0.05, 0.1) is 0 Å². The van der Waals surface area contributed by atoms with E-state index in [1.165, 1.54) is 32.4 Å². The third-order valence-electron chi connectivity index (χ3n) is 14.2. The molecule has 1 saturated heterocycles. The van der Waals surface area contributed by atoms with Crippen LogP contribution in [0.1, 0.15) is 61.5 Å². The molecule has 0 aromatic heterocycles. The molecule has 0 bridgehead atoms. The quantitative estimate of drug-likeness (QED) is 0.110. The molecule has 11 rings (SSSR count). The van der Waals surface area contributed by atoms with Crippen molar-refractivity contribution in [3.8, 4) is 56.8 Å². The van der Waals surface area contributed by atoms with Gasteiger partial charge in [0.2, 0.25) is 0 Å². The van der Waals surface area contributed by atoms with Gasteiger partial charge in [-0.15, -0.1) is 12.4 Å². The van der Waals surface area contributed by atoms with Gasteiger partial charge in [-0.05, 0) is 150 Å². The molecule has 1 fully saturated rings. The fourth-order valence-corrected chi connectivity index (χ4v) is 10.3. The summed E-state index contributed by atoms with van der Waals surface area (Å²) in [7, 11) is 1.52. The first-order valence-corrected chi connectivity index (χ1v) is 24.8. The summed E-state index contributed by atoms with van der Waals surface area (Å²) < 4.78 is 87.6. The molecular weight excluding hydrogens is 972 g/mol. The zero-order valence-corrected chi connectivity index (χ0v) is 42.1. The summed E-state index contributed by atoms with van der Waals surface area (Å²) in [6.45, 7) is 11.4. The number of rotatable bonds is 13. The predicted octanol–water partition coefficient (Wildman–Crippen LogP) is 13.7. The van der Waals surface area contributed by atoms with Crippen molar-refractivity contribution in [2.45, 2.75) is 45.0 Å². The number of ether oxygens (including phenoxy) is 5. The molecule has 2 N–H and O–H groups in total.